The van der Waals surface area contributed by atoms with Crippen molar-refractivity contribution in [1.29, 1.82) is 0 Å². The van der Waals surface area contributed by atoms with Crippen molar-refractivity contribution in [2.24, 2.45) is 0 Å². The van der Waals surface area contributed by atoms with Crippen molar-refractivity contribution in [2.45, 2.75) is 44.7 Å². The molecule has 2 aliphatic heterocycles. The quantitative estimate of drug-likeness (QED) is 0.739. The second kappa shape index (κ2) is 6.17. The SMILES string of the molecule is CCN1CCCC(N(C)C2CCN(C)CC2)C1. The molecule has 3 heteroatoms. The zero-order valence-corrected chi connectivity index (χ0v) is 11.9. The van der Waals surface area contributed by atoms with Gasteiger partial charge in [0.2, 0.25) is 0 Å². The summed E-state index contributed by atoms with van der Waals surface area (Å²) >= 11 is 0. The van der Waals surface area contributed by atoms with Gasteiger partial charge in [-0.25, -0.2) is 0 Å². The van der Waals surface area contributed by atoms with Gasteiger partial charge in [-0.15, -0.1) is 0 Å². The standard InChI is InChI=1S/C14H29N3/c1-4-17-9-5-6-14(12-17)16(3)13-7-10-15(2)11-8-13/h13-14H,4-12H2,1-3H3. The summed E-state index contributed by atoms with van der Waals surface area (Å²) in [5, 5.41) is 0. The molecular formula is C14H29N3. The number of hydrogen-bond donors (Lipinski definition) is 0. The predicted octanol–water partition coefficient (Wildman–Crippen LogP) is 1.50. The summed E-state index contributed by atoms with van der Waals surface area (Å²) in [6.45, 7) is 8.67. The van der Waals surface area contributed by atoms with Crippen LogP contribution in [0.1, 0.15) is 32.6 Å². The van der Waals surface area contributed by atoms with Gasteiger partial charge >= 0.3 is 0 Å². The topological polar surface area (TPSA) is 9.72 Å². The first-order valence-electron chi connectivity index (χ1n) is 7.33. The number of piperidine rings is 2. The lowest BCUT2D eigenvalue weighted by Gasteiger charge is -2.43. The smallest absolute Gasteiger partial charge is 0.0223 e. The Morgan fingerprint density at radius 1 is 1.06 bits per heavy atom. The molecule has 100 valence electrons. The Morgan fingerprint density at radius 3 is 2.41 bits per heavy atom. The van der Waals surface area contributed by atoms with E-state index < -0.39 is 0 Å². The first-order valence-corrected chi connectivity index (χ1v) is 7.33. The highest BCUT2D eigenvalue weighted by Gasteiger charge is 2.28. The second-order valence-electron chi connectivity index (χ2n) is 5.89. The fraction of sp³-hybridized carbons (Fsp3) is 1.00. The van der Waals surface area contributed by atoms with Crippen molar-refractivity contribution in [1.82, 2.24) is 14.7 Å². The fourth-order valence-corrected chi connectivity index (χ4v) is 3.35. The van der Waals surface area contributed by atoms with E-state index >= 15 is 0 Å². The third-order valence-electron chi connectivity index (χ3n) is 4.77. The highest BCUT2D eigenvalue weighted by Crippen LogP contribution is 2.21. The molecule has 1 atom stereocenters. The molecule has 0 N–H and O–H groups in total. The van der Waals surface area contributed by atoms with Gasteiger partial charge < -0.3 is 9.80 Å². The normalized spacial score (nSPS) is 30.0. The molecule has 0 spiro atoms. The van der Waals surface area contributed by atoms with Gasteiger partial charge in [-0.05, 0) is 66.0 Å². The first-order chi connectivity index (χ1) is 8.20. The molecular weight excluding hydrogens is 210 g/mol. The van der Waals surface area contributed by atoms with E-state index in [1.165, 1.54) is 58.4 Å². The minimum absolute atomic E-state index is 0.803. The maximum Gasteiger partial charge on any atom is 0.0223 e. The van der Waals surface area contributed by atoms with Crippen molar-refractivity contribution in [3.63, 3.8) is 0 Å². The lowest BCUT2D eigenvalue weighted by molar-refractivity contribution is 0.0605. The Morgan fingerprint density at radius 2 is 1.76 bits per heavy atom. The van der Waals surface area contributed by atoms with E-state index in [9.17, 15) is 0 Å². The van der Waals surface area contributed by atoms with Gasteiger partial charge in [-0.1, -0.05) is 6.92 Å². The summed E-state index contributed by atoms with van der Waals surface area (Å²) in [5.41, 5.74) is 0. The van der Waals surface area contributed by atoms with E-state index in [2.05, 4.69) is 35.7 Å². The predicted molar refractivity (Wildman–Crippen MR) is 73.4 cm³/mol. The Kier molecular flexibility index (Phi) is 4.83. The molecule has 2 heterocycles. The maximum absolute atomic E-state index is 2.69. The minimum Gasteiger partial charge on any atom is -0.306 e. The molecule has 1 unspecified atom stereocenters. The molecule has 0 aromatic heterocycles. The van der Waals surface area contributed by atoms with Crippen molar-refractivity contribution < 1.29 is 0 Å². The van der Waals surface area contributed by atoms with E-state index in [0.29, 0.717) is 0 Å². The van der Waals surface area contributed by atoms with Gasteiger partial charge in [0.1, 0.15) is 0 Å². The van der Waals surface area contributed by atoms with Gasteiger partial charge in [0.05, 0.1) is 0 Å². The van der Waals surface area contributed by atoms with Crippen LogP contribution < -0.4 is 0 Å². The van der Waals surface area contributed by atoms with Crippen LogP contribution in [0.2, 0.25) is 0 Å². The van der Waals surface area contributed by atoms with Crippen LogP contribution in [-0.2, 0) is 0 Å². The van der Waals surface area contributed by atoms with Crippen molar-refractivity contribution in [3.05, 3.63) is 0 Å². The average Bonchev–Trinajstić information content (AvgIpc) is 2.39. The molecule has 0 amide bonds. The maximum atomic E-state index is 2.69. The lowest BCUT2D eigenvalue weighted by atomic mass is 9.98. The van der Waals surface area contributed by atoms with E-state index in [4.69, 9.17) is 0 Å². The molecule has 17 heavy (non-hydrogen) atoms. The van der Waals surface area contributed by atoms with Crippen LogP contribution in [0.3, 0.4) is 0 Å². The number of hydrogen-bond acceptors (Lipinski definition) is 3. The first kappa shape index (κ1) is 13.3. The average molecular weight is 239 g/mol. The highest BCUT2D eigenvalue weighted by molar-refractivity contribution is 4.85. The van der Waals surface area contributed by atoms with Crippen molar-refractivity contribution in [2.75, 3.05) is 46.8 Å². The van der Waals surface area contributed by atoms with Crippen LogP contribution in [0, 0.1) is 0 Å². The summed E-state index contributed by atoms with van der Waals surface area (Å²) in [5.74, 6) is 0. The summed E-state index contributed by atoms with van der Waals surface area (Å²) in [4.78, 5) is 7.76. The van der Waals surface area contributed by atoms with Gasteiger partial charge in [0.25, 0.3) is 0 Å². The number of nitrogens with zero attached hydrogens (tertiary/aromatic N) is 3. The van der Waals surface area contributed by atoms with Crippen LogP contribution in [0.4, 0.5) is 0 Å². The molecule has 0 aliphatic carbocycles. The molecule has 2 fully saturated rings. The lowest BCUT2D eigenvalue weighted by Crippen LogP contribution is -2.52. The van der Waals surface area contributed by atoms with E-state index in [1.807, 2.05) is 0 Å². The van der Waals surface area contributed by atoms with Crippen LogP contribution in [0.15, 0.2) is 0 Å². The van der Waals surface area contributed by atoms with Crippen molar-refractivity contribution in [3.8, 4) is 0 Å². The highest BCUT2D eigenvalue weighted by atomic mass is 15.2. The summed E-state index contributed by atoms with van der Waals surface area (Å²) < 4.78 is 0. The van der Waals surface area contributed by atoms with Gasteiger partial charge in [-0.3, -0.25) is 4.90 Å². The third kappa shape index (κ3) is 3.43. The number of likely N-dealkylation sites (tertiary alicyclic amines) is 2. The zero-order valence-electron chi connectivity index (χ0n) is 11.9. The Labute approximate surface area is 107 Å². The molecule has 0 bridgehead atoms. The Balaban J connectivity index is 1.84. The summed E-state index contributed by atoms with van der Waals surface area (Å²) in [6.07, 6.45) is 5.50. The Bertz CT molecular complexity index is 224. The molecule has 0 aromatic rings. The van der Waals surface area contributed by atoms with E-state index in [-0.39, 0.29) is 0 Å². The van der Waals surface area contributed by atoms with Crippen LogP contribution >= 0.6 is 0 Å². The largest absolute Gasteiger partial charge is 0.306 e. The fourth-order valence-electron chi connectivity index (χ4n) is 3.35. The monoisotopic (exact) mass is 239 g/mol. The molecule has 0 saturated carbocycles. The number of rotatable bonds is 3. The molecule has 3 nitrogen and oxygen atoms in total. The van der Waals surface area contributed by atoms with Gasteiger partial charge in [-0.2, -0.15) is 0 Å². The van der Waals surface area contributed by atoms with Crippen LogP contribution in [-0.4, -0.2) is 73.6 Å². The van der Waals surface area contributed by atoms with Crippen molar-refractivity contribution >= 4 is 0 Å². The third-order valence-corrected chi connectivity index (χ3v) is 4.77. The molecule has 2 aliphatic rings. The molecule has 0 aromatic carbocycles. The molecule has 0 radical (unpaired) electrons. The zero-order chi connectivity index (χ0) is 12.3. The van der Waals surface area contributed by atoms with Gasteiger partial charge in [0, 0.05) is 18.6 Å². The van der Waals surface area contributed by atoms with E-state index in [1.54, 1.807) is 0 Å². The molecule has 2 rings (SSSR count). The number of likely N-dealkylation sites (N-methyl/N-ethyl adjacent to an activating group) is 2. The minimum atomic E-state index is 0.803. The van der Waals surface area contributed by atoms with Crippen LogP contribution in [0.25, 0.3) is 0 Å². The van der Waals surface area contributed by atoms with Crippen LogP contribution in [0.5, 0.6) is 0 Å². The van der Waals surface area contributed by atoms with Gasteiger partial charge in [0.15, 0.2) is 0 Å². The summed E-state index contributed by atoms with van der Waals surface area (Å²) in [6, 6.07) is 1.63. The Hall–Kier alpha value is -0.120. The summed E-state index contributed by atoms with van der Waals surface area (Å²) in [7, 11) is 4.61. The van der Waals surface area contributed by atoms with E-state index in [0.717, 1.165) is 12.1 Å². The molecule has 2 saturated heterocycles. The second-order valence-corrected chi connectivity index (χ2v) is 5.89.